The molecule has 0 spiro atoms. The molecule has 2 aromatic carbocycles. The van der Waals surface area contributed by atoms with Gasteiger partial charge in [0.05, 0.1) is 0 Å². The number of fused-ring (bicyclic) bond motifs is 1. The Morgan fingerprint density at radius 2 is 1.88 bits per heavy atom. The number of hydrogen-bond acceptors (Lipinski definition) is 6. The smallest absolute Gasteiger partial charge is 0.219 e. The maximum Gasteiger partial charge on any atom is 0.219 e. The van der Waals surface area contributed by atoms with Crippen molar-refractivity contribution < 1.29 is 29.6 Å². The first-order chi connectivity index (χ1) is 12.0. The average Bonchev–Trinajstić information content (AvgIpc) is 2.56. The Morgan fingerprint density at radius 1 is 1.08 bits per heavy atom. The SMILES string of the molecule is CC(=O)N[C@H]1Oc2cc(CCO)ccc2O[C@@H]1c1ccc(O)c(O)c1. The third-order valence-electron chi connectivity index (χ3n) is 3.86. The maximum absolute atomic E-state index is 11.5. The van der Waals surface area contributed by atoms with Gasteiger partial charge in [0.25, 0.3) is 0 Å². The number of aromatic hydroxyl groups is 2. The molecule has 25 heavy (non-hydrogen) atoms. The van der Waals surface area contributed by atoms with Crippen LogP contribution in [0, 0.1) is 0 Å². The lowest BCUT2D eigenvalue weighted by Crippen LogP contribution is -2.46. The van der Waals surface area contributed by atoms with Crippen molar-refractivity contribution in [3.8, 4) is 23.0 Å². The second-order valence-corrected chi connectivity index (χ2v) is 5.78. The van der Waals surface area contributed by atoms with Crippen LogP contribution in [0.3, 0.4) is 0 Å². The van der Waals surface area contributed by atoms with Crippen molar-refractivity contribution in [1.82, 2.24) is 5.32 Å². The summed E-state index contributed by atoms with van der Waals surface area (Å²) in [6.45, 7) is 1.39. The van der Waals surface area contributed by atoms with Gasteiger partial charge in [0.15, 0.2) is 29.1 Å². The minimum atomic E-state index is -0.807. The number of carbonyl (C=O) groups excluding carboxylic acids is 1. The van der Waals surface area contributed by atoms with Gasteiger partial charge in [-0.2, -0.15) is 0 Å². The van der Waals surface area contributed by atoms with Crippen LogP contribution < -0.4 is 14.8 Å². The molecule has 1 aliphatic rings. The molecule has 0 unspecified atom stereocenters. The predicted octanol–water partition coefficient (Wildman–Crippen LogP) is 1.61. The Bertz CT molecular complexity index is 791. The number of aliphatic hydroxyl groups excluding tert-OH is 1. The van der Waals surface area contributed by atoms with Gasteiger partial charge in [0.2, 0.25) is 12.1 Å². The van der Waals surface area contributed by atoms with Crippen LogP contribution in [0.4, 0.5) is 0 Å². The molecule has 0 fully saturated rings. The van der Waals surface area contributed by atoms with E-state index in [0.29, 0.717) is 23.5 Å². The van der Waals surface area contributed by atoms with E-state index in [1.807, 2.05) is 6.07 Å². The summed E-state index contributed by atoms with van der Waals surface area (Å²) in [6, 6.07) is 9.61. The van der Waals surface area contributed by atoms with Crippen LogP contribution >= 0.6 is 0 Å². The number of nitrogens with one attached hydrogen (secondary N) is 1. The van der Waals surface area contributed by atoms with E-state index < -0.39 is 12.3 Å². The number of phenols is 2. The first-order valence-electron chi connectivity index (χ1n) is 7.84. The summed E-state index contributed by atoms with van der Waals surface area (Å²) in [5, 5.41) is 30.9. The highest BCUT2D eigenvalue weighted by Gasteiger charge is 2.34. The second-order valence-electron chi connectivity index (χ2n) is 5.78. The van der Waals surface area contributed by atoms with Crippen LogP contribution in [-0.4, -0.2) is 34.1 Å². The van der Waals surface area contributed by atoms with Crippen LogP contribution in [0.1, 0.15) is 24.2 Å². The predicted molar refractivity (Wildman–Crippen MR) is 88.6 cm³/mol. The molecule has 0 radical (unpaired) electrons. The van der Waals surface area contributed by atoms with Gasteiger partial charge in [-0.15, -0.1) is 0 Å². The minimum Gasteiger partial charge on any atom is -0.504 e. The molecule has 0 aliphatic carbocycles. The summed E-state index contributed by atoms with van der Waals surface area (Å²) in [6.07, 6.45) is -1.03. The van der Waals surface area contributed by atoms with Gasteiger partial charge >= 0.3 is 0 Å². The van der Waals surface area contributed by atoms with Gasteiger partial charge in [-0.3, -0.25) is 4.79 Å². The monoisotopic (exact) mass is 345 g/mol. The van der Waals surface area contributed by atoms with E-state index in [4.69, 9.17) is 14.6 Å². The number of carbonyl (C=O) groups is 1. The third-order valence-corrected chi connectivity index (χ3v) is 3.86. The van der Waals surface area contributed by atoms with Crippen LogP contribution in [0.15, 0.2) is 36.4 Å². The molecule has 4 N–H and O–H groups in total. The quantitative estimate of drug-likeness (QED) is 0.627. The number of hydrogen-bond donors (Lipinski definition) is 4. The Morgan fingerprint density at radius 3 is 2.56 bits per heavy atom. The summed E-state index contributed by atoms with van der Waals surface area (Å²) < 4.78 is 11.8. The topological polar surface area (TPSA) is 108 Å². The van der Waals surface area contributed by atoms with Crippen molar-refractivity contribution in [2.75, 3.05) is 6.61 Å². The molecule has 0 bridgehead atoms. The summed E-state index contributed by atoms with van der Waals surface area (Å²) in [5.41, 5.74) is 1.42. The van der Waals surface area contributed by atoms with Gasteiger partial charge in [-0.05, 0) is 36.2 Å². The van der Waals surface area contributed by atoms with E-state index >= 15 is 0 Å². The number of phenolic OH excluding ortho intramolecular Hbond substituents is 2. The average molecular weight is 345 g/mol. The van der Waals surface area contributed by atoms with Gasteiger partial charge in [-0.1, -0.05) is 12.1 Å². The summed E-state index contributed by atoms with van der Waals surface area (Å²) >= 11 is 0. The van der Waals surface area contributed by atoms with Gasteiger partial charge in [0, 0.05) is 19.1 Å². The Hall–Kier alpha value is -2.93. The molecule has 0 saturated carbocycles. The van der Waals surface area contributed by atoms with E-state index in [2.05, 4.69) is 5.32 Å². The standard InChI is InChI=1S/C18H19NO6/c1-10(21)19-18-17(12-3-4-13(22)14(23)9-12)24-15-5-2-11(6-7-20)8-16(15)25-18/h2-5,8-9,17-18,20,22-23H,6-7H2,1H3,(H,19,21)/t17-,18+/m1/s1. The summed E-state index contributed by atoms with van der Waals surface area (Å²) in [4.78, 5) is 11.5. The molecule has 0 aromatic heterocycles. The van der Waals surface area contributed by atoms with E-state index in [0.717, 1.165) is 5.56 Å². The highest BCUT2D eigenvalue weighted by molar-refractivity contribution is 5.73. The first kappa shape index (κ1) is 16.9. The fourth-order valence-corrected chi connectivity index (χ4v) is 2.69. The van der Waals surface area contributed by atoms with Gasteiger partial charge < -0.3 is 30.1 Å². The van der Waals surface area contributed by atoms with Crippen molar-refractivity contribution in [1.29, 1.82) is 0 Å². The highest BCUT2D eigenvalue weighted by atomic mass is 16.6. The Labute approximate surface area is 144 Å². The molecule has 3 rings (SSSR count). The molecule has 1 amide bonds. The number of rotatable bonds is 4. The molecule has 0 saturated heterocycles. The van der Waals surface area contributed by atoms with E-state index in [-0.39, 0.29) is 24.0 Å². The normalized spacial score (nSPS) is 18.6. The lowest BCUT2D eigenvalue weighted by molar-refractivity contribution is -0.124. The fourth-order valence-electron chi connectivity index (χ4n) is 2.69. The summed E-state index contributed by atoms with van der Waals surface area (Å²) in [5.74, 6) is 0.124. The maximum atomic E-state index is 11.5. The van der Waals surface area contributed by atoms with E-state index in [1.165, 1.54) is 19.1 Å². The fraction of sp³-hybridized carbons (Fsp3) is 0.278. The second kappa shape index (κ2) is 6.90. The first-order valence-corrected chi connectivity index (χ1v) is 7.84. The van der Waals surface area contributed by atoms with E-state index in [9.17, 15) is 15.0 Å². The van der Waals surface area contributed by atoms with Gasteiger partial charge in [0.1, 0.15) is 0 Å². The highest BCUT2D eigenvalue weighted by Crippen LogP contribution is 2.40. The Balaban J connectivity index is 1.96. The zero-order chi connectivity index (χ0) is 18.0. The lowest BCUT2D eigenvalue weighted by Gasteiger charge is -2.34. The van der Waals surface area contributed by atoms with Crippen molar-refractivity contribution in [3.05, 3.63) is 47.5 Å². The van der Waals surface area contributed by atoms with Crippen LogP contribution in [-0.2, 0) is 11.2 Å². The molecular weight excluding hydrogens is 326 g/mol. The number of amides is 1. The largest absolute Gasteiger partial charge is 0.504 e. The van der Waals surface area contributed by atoms with Gasteiger partial charge in [-0.25, -0.2) is 0 Å². The molecule has 2 atom stereocenters. The van der Waals surface area contributed by atoms with Crippen molar-refractivity contribution >= 4 is 5.91 Å². The van der Waals surface area contributed by atoms with E-state index in [1.54, 1.807) is 18.2 Å². The minimum absolute atomic E-state index is 0.0180. The van der Waals surface area contributed by atoms with Crippen LogP contribution in [0.25, 0.3) is 0 Å². The number of ether oxygens (including phenoxy) is 2. The third kappa shape index (κ3) is 3.61. The molecule has 7 nitrogen and oxygen atoms in total. The molecule has 1 heterocycles. The van der Waals surface area contributed by atoms with Crippen LogP contribution in [0.5, 0.6) is 23.0 Å². The summed E-state index contributed by atoms with van der Waals surface area (Å²) in [7, 11) is 0. The van der Waals surface area contributed by atoms with Crippen molar-refractivity contribution in [2.45, 2.75) is 25.7 Å². The van der Waals surface area contributed by atoms with Crippen molar-refractivity contribution in [2.24, 2.45) is 0 Å². The zero-order valence-corrected chi connectivity index (χ0v) is 13.6. The molecule has 2 aromatic rings. The Kier molecular flexibility index (Phi) is 4.67. The molecular formula is C18H19NO6. The number of benzene rings is 2. The molecule has 1 aliphatic heterocycles. The van der Waals surface area contributed by atoms with Crippen LogP contribution in [0.2, 0.25) is 0 Å². The molecule has 132 valence electrons. The number of aliphatic hydroxyl groups is 1. The van der Waals surface area contributed by atoms with Crippen molar-refractivity contribution in [3.63, 3.8) is 0 Å². The zero-order valence-electron chi connectivity index (χ0n) is 13.6. The lowest BCUT2D eigenvalue weighted by atomic mass is 10.0. The molecule has 7 heteroatoms.